The van der Waals surface area contributed by atoms with Crippen molar-refractivity contribution in [1.82, 2.24) is 10.2 Å². The molecular formula is C16H24F3N3O. The van der Waals surface area contributed by atoms with Crippen LogP contribution in [0.5, 0.6) is 0 Å². The number of nitrogens with one attached hydrogen (secondary N) is 1. The molecule has 0 atom stereocenters. The molecule has 0 saturated heterocycles. The standard InChI is InChI=1S/C16H24F3N3O/c1-13-7-4-5-8-14(13)11-22(3)15(20-2)21-9-6-10-23-12-16(17,18)19/h4-5,7-8H,6,9-12H2,1-3H3,(H,20,21). The van der Waals surface area contributed by atoms with Crippen LogP contribution in [-0.4, -0.2) is 50.9 Å². The maximum Gasteiger partial charge on any atom is 0.411 e. The molecule has 0 aromatic heterocycles. The molecule has 1 aromatic rings. The molecule has 0 amide bonds. The summed E-state index contributed by atoms with van der Waals surface area (Å²) >= 11 is 0. The van der Waals surface area contributed by atoms with Crippen molar-refractivity contribution in [2.75, 3.05) is 33.9 Å². The van der Waals surface area contributed by atoms with Crippen LogP contribution >= 0.6 is 0 Å². The molecule has 0 saturated carbocycles. The number of aryl methyl sites for hydroxylation is 1. The van der Waals surface area contributed by atoms with Crippen molar-refractivity contribution in [3.63, 3.8) is 0 Å². The van der Waals surface area contributed by atoms with Crippen LogP contribution in [0.4, 0.5) is 13.2 Å². The number of nitrogens with zero attached hydrogens (tertiary/aromatic N) is 2. The molecule has 0 radical (unpaired) electrons. The molecule has 0 bridgehead atoms. The normalized spacial score (nSPS) is 12.3. The van der Waals surface area contributed by atoms with Crippen molar-refractivity contribution in [3.05, 3.63) is 35.4 Å². The van der Waals surface area contributed by atoms with Crippen LogP contribution in [-0.2, 0) is 11.3 Å². The Morgan fingerprint density at radius 1 is 1.30 bits per heavy atom. The van der Waals surface area contributed by atoms with Crippen LogP contribution in [0.1, 0.15) is 17.5 Å². The summed E-state index contributed by atoms with van der Waals surface area (Å²) in [5, 5.41) is 3.12. The van der Waals surface area contributed by atoms with Crippen molar-refractivity contribution < 1.29 is 17.9 Å². The first-order valence-corrected chi connectivity index (χ1v) is 7.44. The van der Waals surface area contributed by atoms with E-state index in [-0.39, 0.29) is 6.61 Å². The molecule has 0 heterocycles. The third-order valence-electron chi connectivity index (χ3n) is 3.26. The zero-order chi connectivity index (χ0) is 17.3. The number of hydrogen-bond donors (Lipinski definition) is 1. The number of rotatable bonds is 7. The summed E-state index contributed by atoms with van der Waals surface area (Å²) in [7, 11) is 3.60. The van der Waals surface area contributed by atoms with Gasteiger partial charge in [0.25, 0.3) is 0 Å². The van der Waals surface area contributed by atoms with E-state index in [1.165, 1.54) is 11.1 Å². The minimum Gasteiger partial charge on any atom is -0.372 e. The zero-order valence-corrected chi connectivity index (χ0v) is 13.8. The number of halogens is 3. The van der Waals surface area contributed by atoms with E-state index >= 15 is 0 Å². The van der Waals surface area contributed by atoms with E-state index in [2.05, 4.69) is 34.1 Å². The zero-order valence-electron chi connectivity index (χ0n) is 13.8. The summed E-state index contributed by atoms with van der Waals surface area (Å²) in [6.45, 7) is 2.12. The largest absolute Gasteiger partial charge is 0.411 e. The molecule has 7 heteroatoms. The van der Waals surface area contributed by atoms with Gasteiger partial charge in [-0.3, -0.25) is 4.99 Å². The summed E-state index contributed by atoms with van der Waals surface area (Å²) in [5.74, 6) is 0.698. The maximum absolute atomic E-state index is 11.9. The van der Waals surface area contributed by atoms with Gasteiger partial charge in [-0.05, 0) is 24.5 Å². The molecule has 0 unspecified atom stereocenters. The van der Waals surface area contributed by atoms with Crippen LogP contribution in [0.3, 0.4) is 0 Å². The molecule has 4 nitrogen and oxygen atoms in total. The van der Waals surface area contributed by atoms with Gasteiger partial charge in [-0.15, -0.1) is 0 Å². The number of alkyl halides is 3. The molecule has 0 aliphatic carbocycles. The van der Waals surface area contributed by atoms with Gasteiger partial charge in [0, 0.05) is 33.8 Å². The minimum atomic E-state index is -4.27. The average Bonchev–Trinajstić information content (AvgIpc) is 2.47. The Hall–Kier alpha value is -1.76. The lowest BCUT2D eigenvalue weighted by Crippen LogP contribution is -2.39. The Morgan fingerprint density at radius 3 is 2.61 bits per heavy atom. The van der Waals surface area contributed by atoms with Gasteiger partial charge in [0.2, 0.25) is 0 Å². The van der Waals surface area contributed by atoms with Gasteiger partial charge in [0.05, 0.1) is 0 Å². The predicted octanol–water partition coefficient (Wildman–Crippen LogP) is 2.97. The molecule has 0 aliphatic rings. The van der Waals surface area contributed by atoms with Crippen molar-refractivity contribution in [2.24, 2.45) is 4.99 Å². The fourth-order valence-corrected chi connectivity index (χ4v) is 2.06. The van der Waals surface area contributed by atoms with Crippen LogP contribution < -0.4 is 5.32 Å². The van der Waals surface area contributed by atoms with E-state index < -0.39 is 12.8 Å². The highest BCUT2D eigenvalue weighted by Crippen LogP contribution is 2.14. The third-order valence-corrected chi connectivity index (χ3v) is 3.26. The lowest BCUT2D eigenvalue weighted by molar-refractivity contribution is -0.173. The number of guanidine groups is 1. The molecule has 0 aliphatic heterocycles. The fourth-order valence-electron chi connectivity index (χ4n) is 2.06. The van der Waals surface area contributed by atoms with Crippen LogP contribution in [0.15, 0.2) is 29.3 Å². The van der Waals surface area contributed by atoms with Gasteiger partial charge in [-0.25, -0.2) is 0 Å². The number of benzene rings is 1. The first-order valence-electron chi connectivity index (χ1n) is 7.44. The number of aliphatic imine (C=N–C) groups is 1. The summed E-state index contributed by atoms with van der Waals surface area (Å²) in [6, 6.07) is 8.10. The second-order valence-corrected chi connectivity index (χ2v) is 5.28. The predicted molar refractivity (Wildman–Crippen MR) is 85.5 cm³/mol. The average molecular weight is 331 g/mol. The van der Waals surface area contributed by atoms with E-state index in [9.17, 15) is 13.2 Å². The molecule has 1 rings (SSSR count). The molecular weight excluding hydrogens is 307 g/mol. The molecule has 0 spiro atoms. The van der Waals surface area contributed by atoms with E-state index in [0.717, 1.165) is 0 Å². The molecule has 23 heavy (non-hydrogen) atoms. The summed E-state index contributed by atoms with van der Waals surface area (Å²) in [5.41, 5.74) is 2.40. The maximum atomic E-state index is 11.9. The monoisotopic (exact) mass is 331 g/mol. The van der Waals surface area contributed by atoms with Crippen LogP contribution in [0.25, 0.3) is 0 Å². The highest BCUT2D eigenvalue weighted by atomic mass is 19.4. The second-order valence-electron chi connectivity index (χ2n) is 5.28. The Labute approximate surface area is 135 Å². The third kappa shape index (κ3) is 7.88. The van der Waals surface area contributed by atoms with E-state index in [1.807, 2.05) is 24.1 Å². The van der Waals surface area contributed by atoms with Crippen molar-refractivity contribution in [3.8, 4) is 0 Å². The second kappa shape index (κ2) is 9.39. The molecule has 1 aromatic carbocycles. The Kier molecular flexibility index (Phi) is 7.88. The van der Waals surface area contributed by atoms with Gasteiger partial charge < -0.3 is 15.0 Å². The Morgan fingerprint density at radius 2 is 2.00 bits per heavy atom. The summed E-state index contributed by atoms with van der Waals surface area (Å²) < 4.78 is 40.3. The highest BCUT2D eigenvalue weighted by molar-refractivity contribution is 5.79. The van der Waals surface area contributed by atoms with E-state index in [0.29, 0.717) is 25.5 Å². The first kappa shape index (κ1) is 19.3. The molecule has 0 fully saturated rings. The topological polar surface area (TPSA) is 36.9 Å². The summed E-state index contributed by atoms with van der Waals surface area (Å²) in [6.07, 6.45) is -3.79. The van der Waals surface area contributed by atoms with Gasteiger partial charge in [0.1, 0.15) is 6.61 Å². The summed E-state index contributed by atoms with van der Waals surface area (Å²) in [4.78, 5) is 6.15. The smallest absolute Gasteiger partial charge is 0.372 e. The molecule has 1 N–H and O–H groups in total. The van der Waals surface area contributed by atoms with Crippen LogP contribution in [0.2, 0.25) is 0 Å². The van der Waals surface area contributed by atoms with Gasteiger partial charge in [0.15, 0.2) is 5.96 Å². The first-order chi connectivity index (χ1) is 10.8. The highest BCUT2D eigenvalue weighted by Gasteiger charge is 2.27. The van der Waals surface area contributed by atoms with Crippen molar-refractivity contribution in [1.29, 1.82) is 0 Å². The fraction of sp³-hybridized carbons (Fsp3) is 0.562. The number of ether oxygens (including phenoxy) is 1. The lowest BCUT2D eigenvalue weighted by Gasteiger charge is -2.23. The SMILES string of the molecule is CN=C(NCCCOCC(F)(F)F)N(C)Cc1ccccc1C. The van der Waals surface area contributed by atoms with E-state index in [4.69, 9.17) is 0 Å². The van der Waals surface area contributed by atoms with E-state index in [1.54, 1.807) is 7.05 Å². The number of hydrogen-bond acceptors (Lipinski definition) is 2. The van der Waals surface area contributed by atoms with Crippen LogP contribution in [0, 0.1) is 6.92 Å². The van der Waals surface area contributed by atoms with Gasteiger partial charge in [-0.2, -0.15) is 13.2 Å². The van der Waals surface area contributed by atoms with Gasteiger partial charge in [-0.1, -0.05) is 24.3 Å². The minimum absolute atomic E-state index is 0.0605. The van der Waals surface area contributed by atoms with Gasteiger partial charge >= 0.3 is 6.18 Å². The lowest BCUT2D eigenvalue weighted by atomic mass is 10.1. The molecule has 130 valence electrons. The quantitative estimate of drug-likeness (QED) is 0.474. The van der Waals surface area contributed by atoms with Crippen molar-refractivity contribution >= 4 is 5.96 Å². The Bertz CT molecular complexity index is 504. The van der Waals surface area contributed by atoms with Crippen molar-refractivity contribution in [2.45, 2.75) is 26.1 Å². The Balaban J connectivity index is 2.32.